The molecule has 0 bridgehead atoms. The van der Waals surface area contributed by atoms with E-state index >= 15 is 0 Å². The molecule has 1 atom stereocenters. The molecule has 1 unspecified atom stereocenters. The number of piperidine rings is 1. The average Bonchev–Trinajstić information content (AvgIpc) is 2.47. The third-order valence-corrected chi connectivity index (χ3v) is 4.49. The zero-order valence-electron chi connectivity index (χ0n) is 12.3. The third kappa shape index (κ3) is 2.83. The number of nitrogens with one attached hydrogen (secondary N) is 3. The van der Waals surface area contributed by atoms with Crippen molar-refractivity contribution in [3.8, 4) is 0 Å². The summed E-state index contributed by atoms with van der Waals surface area (Å²) in [5, 5.41) is 8.68. The molecule has 2 amide bonds. The van der Waals surface area contributed by atoms with Gasteiger partial charge in [-0.3, -0.25) is 9.59 Å². The Morgan fingerprint density at radius 2 is 2.14 bits per heavy atom. The normalized spacial score (nSPS) is 23.3. The van der Waals surface area contributed by atoms with Crippen LogP contribution in [0, 0.1) is 11.2 Å². The van der Waals surface area contributed by atoms with Gasteiger partial charge in [-0.15, -0.1) is 0 Å². The lowest BCUT2D eigenvalue weighted by Crippen LogP contribution is -2.65. The summed E-state index contributed by atoms with van der Waals surface area (Å²) in [5.41, 5.74) is -0.132. The molecule has 0 spiro atoms. The summed E-state index contributed by atoms with van der Waals surface area (Å²) in [7, 11) is 0. The lowest BCUT2D eigenvalue weighted by atomic mass is 9.75. The van der Waals surface area contributed by atoms with Gasteiger partial charge >= 0.3 is 0 Å². The van der Waals surface area contributed by atoms with E-state index < -0.39 is 11.5 Å². The molecule has 0 radical (unpaired) electrons. The fourth-order valence-electron chi connectivity index (χ4n) is 3.02. The zero-order valence-corrected chi connectivity index (χ0v) is 12.3. The summed E-state index contributed by atoms with van der Waals surface area (Å²) in [6, 6.07) is 6.04. The highest BCUT2D eigenvalue weighted by Crippen LogP contribution is 2.29. The molecule has 118 valence electrons. The Kier molecular flexibility index (Phi) is 4.11. The third-order valence-electron chi connectivity index (χ3n) is 4.49. The molecular formula is C16H20FN3O2. The highest BCUT2D eigenvalue weighted by atomic mass is 19.1. The Hall–Kier alpha value is -1.95. The SMILES string of the molecule is O=C1NCCCC1NC(=O)C1(Cc2ccccc2F)CNC1. The average molecular weight is 305 g/mol. The van der Waals surface area contributed by atoms with E-state index in [4.69, 9.17) is 0 Å². The summed E-state index contributed by atoms with van der Waals surface area (Å²) in [5.74, 6) is -0.596. The van der Waals surface area contributed by atoms with Crippen LogP contribution >= 0.6 is 0 Å². The molecule has 0 saturated carbocycles. The van der Waals surface area contributed by atoms with Crippen molar-refractivity contribution in [1.82, 2.24) is 16.0 Å². The molecule has 3 N–H and O–H groups in total. The number of hydrogen-bond acceptors (Lipinski definition) is 3. The van der Waals surface area contributed by atoms with E-state index in [1.807, 2.05) is 0 Å². The van der Waals surface area contributed by atoms with Gasteiger partial charge in [0.25, 0.3) is 0 Å². The second-order valence-electron chi connectivity index (χ2n) is 6.11. The Morgan fingerprint density at radius 3 is 2.77 bits per heavy atom. The molecule has 2 fully saturated rings. The van der Waals surface area contributed by atoms with Gasteiger partial charge in [0.05, 0.1) is 5.41 Å². The van der Waals surface area contributed by atoms with Gasteiger partial charge in [0.15, 0.2) is 0 Å². The minimum atomic E-state index is -0.667. The maximum atomic E-state index is 13.8. The van der Waals surface area contributed by atoms with Crippen molar-refractivity contribution in [2.24, 2.45) is 5.41 Å². The van der Waals surface area contributed by atoms with Crippen molar-refractivity contribution in [1.29, 1.82) is 0 Å². The Labute approximate surface area is 128 Å². The van der Waals surface area contributed by atoms with Gasteiger partial charge in [0.2, 0.25) is 11.8 Å². The van der Waals surface area contributed by atoms with E-state index in [1.165, 1.54) is 6.07 Å². The Morgan fingerprint density at radius 1 is 1.36 bits per heavy atom. The number of amides is 2. The van der Waals surface area contributed by atoms with Gasteiger partial charge in [-0.25, -0.2) is 4.39 Å². The van der Waals surface area contributed by atoms with E-state index in [9.17, 15) is 14.0 Å². The molecule has 2 saturated heterocycles. The van der Waals surface area contributed by atoms with Crippen molar-refractivity contribution in [3.63, 3.8) is 0 Å². The smallest absolute Gasteiger partial charge is 0.242 e. The van der Waals surface area contributed by atoms with Gasteiger partial charge in [0.1, 0.15) is 11.9 Å². The first-order valence-electron chi connectivity index (χ1n) is 7.64. The molecule has 2 heterocycles. The van der Waals surface area contributed by atoms with Crippen molar-refractivity contribution >= 4 is 11.8 Å². The predicted molar refractivity (Wildman–Crippen MR) is 79.6 cm³/mol. The summed E-state index contributed by atoms with van der Waals surface area (Å²) >= 11 is 0. The van der Waals surface area contributed by atoms with Gasteiger partial charge in [0, 0.05) is 19.6 Å². The van der Waals surface area contributed by atoms with Gasteiger partial charge in [-0.05, 0) is 30.9 Å². The van der Waals surface area contributed by atoms with Crippen LogP contribution in [-0.4, -0.2) is 37.5 Å². The number of carbonyl (C=O) groups is 2. The first-order valence-corrected chi connectivity index (χ1v) is 7.64. The number of halogens is 1. The molecule has 5 nitrogen and oxygen atoms in total. The monoisotopic (exact) mass is 305 g/mol. The minimum Gasteiger partial charge on any atom is -0.354 e. The van der Waals surface area contributed by atoms with Crippen molar-refractivity contribution in [3.05, 3.63) is 35.6 Å². The summed E-state index contributed by atoms with van der Waals surface area (Å²) < 4.78 is 13.8. The van der Waals surface area contributed by atoms with E-state index in [2.05, 4.69) is 16.0 Å². The van der Waals surface area contributed by atoms with Gasteiger partial charge in [-0.1, -0.05) is 18.2 Å². The second kappa shape index (κ2) is 6.04. The quantitative estimate of drug-likeness (QED) is 0.752. The lowest BCUT2D eigenvalue weighted by molar-refractivity contribution is -0.138. The fourth-order valence-corrected chi connectivity index (χ4v) is 3.02. The maximum Gasteiger partial charge on any atom is 0.242 e. The molecule has 1 aromatic rings. The Bertz CT molecular complexity index is 587. The molecule has 0 aromatic heterocycles. The second-order valence-corrected chi connectivity index (χ2v) is 6.11. The van der Waals surface area contributed by atoms with Crippen LogP contribution in [0.4, 0.5) is 4.39 Å². The number of benzene rings is 1. The first-order chi connectivity index (χ1) is 10.6. The van der Waals surface area contributed by atoms with Crippen molar-refractivity contribution < 1.29 is 14.0 Å². The minimum absolute atomic E-state index is 0.132. The lowest BCUT2D eigenvalue weighted by Gasteiger charge is -2.42. The van der Waals surface area contributed by atoms with Crippen LogP contribution in [0.3, 0.4) is 0 Å². The van der Waals surface area contributed by atoms with Gasteiger partial charge in [-0.2, -0.15) is 0 Å². The van der Waals surface area contributed by atoms with E-state index in [1.54, 1.807) is 18.2 Å². The molecule has 2 aliphatic rings. The molecule has 1 aromatic carbocycles. The Balaban J connectivity index is 1.71. The highest BCUT2D eigenvalue weighted by Gasteiger charge is 2.45. The number of hydrogen-bond donors (Lipinski definition) is 3. The van der Waals surface area contributed by atoms with Gasteiger partial charge < -0.3 is 16.0 Å². The summed E-state index contributed by atoms with van der Waals surface area (Å²) in [4.78, 5) is 24.4. The van der Waals surface area contributed by atoms with Crippen LogP contribution in [0.15, 0.2) is 24.3 Å². The van der Waals surface area contributed by atoms with Crippen LogP contribution in [0.2, 0.25) is 0 Å². The van der Waals surface area contributed by atoms with Crippen molar-refractivity contribution in [2.75, 3.05) is 19.6 Å². The molecule has 0 aliphatic carbocycles. The zero-order chi connectivity index (χ0) is 15.6. The van der Waals surface area contributed by atoms with E-state index in [0.29, 0.717) is 38.0 Å². The summed E-state index contributed by atoms with van der Waals surface area (Å²) in [6.45, 7) is 1.66. The largest absolute Gasteiger partial charge is 0.354 e. The summed E-state index contributed by atoms with van der Waals surface area (Å²) in [6.07, 6.45) is 1.85. The van der Waals surface area contributed by atoms with E-state index in [-0.39, 0.29) is 17.6 Å². The molecule has 22 heavy (non-hydrogen) atoms. The molecule has 2 aliphatic heterocycles. The highest BCUT2D eigenvalue weighted by molar-refractivity contribution is 5.91. The molecule has 3 rings (SSSR count). The van der Waals surface area contributed by atoms with Crippen LogP contribution in [0.25, 0.3) is 0 Å². The first kappa shape index (κ1) is 15.0. The van der Waals surface area contributed by atoms with Crippen molar-refractivity contribution in [2.45, 2.75) is 25.3 Å². The maximum absolute atomic E-state index is 13.8. The number of carbonyl (C=O) groups excluding carboxylic acids is 2. The molecule has 6 heteroatoms. The predicted octanol–water partition coefficient (Wildman–Crippen LogP) is 0.353. The van der Waals surface area contributed by atoms with Crippen LogP contribution in [-0.2, 0) is 16.0 Å². The standard InChI is InChI=1S/C16H20FN3O2/c17-12-5-2-1-4-11(12)8-16(9-18-10-16)15(22)20-13-6-3-7-19-14(13)21/h1-2,4-5,13,18H,3,6-10H2,(H,19,21)(H,20,22). The fraction of sp³-hybridized carbons (Fsp3) is 0.500. The van der Waals surface area contributed by atoms with E-state index in [0.717, 1.165) is 6.42 Å². The number of rotatable bonds is 4. The topological polar surface area (TPSA) is 70.2 Å². The molecular weight excluding hydrogens is 285 g/mol. The van der Waals surface area contributed by atoms with Crippen LogP contribution < -0.4 is 16.0 Å². The van der Waals surface area contributed by atoms with Crippen LogP contribution in [0.1, 0.15) is 18.4 Å². The van der Waals surface area contributed by atoms with Crippen LogP contribution in [0.5, 0.6) is 0 Å².